The lowest BCUT2D eigenvalue weighted by molar-refractivity contribution is -0.144. The number of ether oxygens (including phenoxy) is 1. The minimum Gasteiger partial charge on any atom is -0.482 e. The number of halogens is 3. The van der Waals surface area contributed by atoms with E-state index < -0.39 is 41.4 Å². The summed E-state index contributed by atoms with van der Waals surface area (Å²) in [5, 5.41) is 23.9. The summed E-state index contributed by atoms with van der Waals surface area (Å²) in [6.45, 7) is 10.6. The summed E-state index contributed by atoms with van der Waals surface area (Å²) in [4.78, 5) is 79.3. The Balaban J connectivity index is 0.794. The Morgan fingerprint density at radius 3 is 2.37 bits per heavy atom. The monoisotopic (exact) mass is 1060 g/mol. The molecule has 5 aromatic rings. The van der Waals surface area contributed by atoms with Crippen molar-refractivity contribution in [2.45, 2.75) is 123 Å². The van der Waals surface area contributed by atoms with Gasteiger partial charge in [-0.15, -0.1) is 11.3 Å². The number of nitrogens with one attached hydrogen (secondary N) is 3. The number of nitrogens with zero attached hydrogens (tertiary/aromatic N) is 6. The molecule has 0 radical (unpaired) electrons. The van der Waals surface area contributed by atoms with E-state index in [9.17, 15) is 33.5 Å². The molecule has 21 heteroatoms. The molecule has 73 heavy (non-hydrogen) atoms. The summed E-state index contributed by atoms with van der Waals surface area (Å²) in [5.41, 5.74) is 11.9. The van der Waals surface area contributed by atoms with Crippen molar-refractivity contribution in [3.8, 4) is 27.3 Å². The fourth-order valence-corrected chi connectivity index (χ4v) is 10.6. The Morgan fingerprint density at radius 1 is 0.945 bits per heavy atom. The van der Waals surface area contributed by atoms with Crippen molar-refractivity contribution in [2.24, 2.45) is 5.41 Å². The number of aliphatic hydroxyl groups is 1. The molecule has 2 aliphatic rings. The van der Waals surface area contributed by atoms with E-state index in [1.165, 1.54) is 17.0 Å². The van der Waals surface area contributed by atoms with Crippen LogP contribution in [-0.4, -0.2) is 109 Å². The van der Waals surface area contributed by atoms with Gasteiger partial charge in [0.25, 0.3) is 0 Å². The number of carbonyl (C=O) groups excluding carboxylic acids is 5. The number of rotatable bonds is 19. The SMILES string of the molecule is Cc1ncsc1-c1ccc(CNC(=O)[C@@H]2C[C@@H](O)CN2C(=O)C(NC(=O)CCCNC(=O)CCCC(=O)N2CCC(n3cc(-c4cnc(N)c(OC(C)c5c(Cl)ccc(F)c5Cl)c4)cn3)CC2)C(C)(C)C)cc1. The molecular weight excluding hydrogens is 999 g/mol. The van der Waals surface area contributed by atoms with E-state index in [-0.39, 0.29) is 96.6 Å². The van der Waals surface area contributed by atoms with E-state index in [1.54, 1.807) is 42.2 Å². The quantitative estimate of drug-likeness (QED) is 0.0400. The zero-order valence-electron chi connectivity index (χ0n) is 41.6. The molecule has 390 valence electrons. The minimum atomic E-state index is -0.971. The number of nitrogen functional groups attached to an aromatic ring is 1. The molecule has 2 aliphatic heterocycles. The molecule has 17 nitrogen and oxygen atoms in total. The van der Waals surface area contributed by atoms with E-state index in [2.05, 4.69) is 31.0 Å². The number of thiazole rings is 1. The Morgan fingerprint density at radius 2 is 1.67 bits per heavy atom. The first-order chi connectivity index (χ1) is 34.8. The molecule has 2 aromatic carbocycles. The maximum Gasteiger partial charge on any atom is 0.246 e. The number of carbonyl (C=O) groups is 5. The fraction of sp³-hybridized carbons (Fsp3) is 0.462. The highest BCUT2D eigenvalue weighted by Crippen LogP contribution is 2.38. The predicted molar refractivity (Wildman–Crippen MR) is 278 cm³/mol. The van der Waals surface area contributed by atoms with Gasteiger partial charge in [0.15, 0.2) is 11.6 Å². The van der Waals surface area contributed by atoms with Gasteiger partial charge >= 0.3 is 0 Å². The average Bonchev–Trinajstić information content (AvgIpc) is 4.13. The van der Waals surface area contributed by atoms with Crippen LogP contribution in [0.5, 0.6) is 5.75 Å². The van der Waals surface area contributed by atoms with Crippen molar-refractivity contribution in [1.29, 1.82) is 0 Å². The number of benzene rings is 2. The number of nitrogens with two attached hydrogens (primary N) is 1. The Labute approximate surface area is 438 Å². The van der Waals surface area contributed by atoms with Crippen molar-refractivity contribution in [3.05, 3.63) is 99.2 Å². The smallest absolute Gasteiger partial charge is 0.246 e. The zero-order valence-corrected chi connectivity index (χ0v) is 44.0. The number of likely N-dealkylation sites (tertiary alicyclic amines) is 2. The van der Waals surface area contributed by atoms with Crippen molar-refractivity contribution in [1.82, 2.24) is 45.5 Å². The molecule has 2 unspecified atom stereocenters. The van der Waals surface area contributed by atoms with Crippen LogP contribution in [0.1, 0.15) is 108 Å². The van der Waals surface area contributed by atoms with E-state index in [1.807, 2.05) is 67.7 Å². The fourth-order valence-electron chi connectivity index (χ4n) is 9.08. The van der Waals surface area contributed by atoms with Crippen molar-refractivity contribution < 1.29 is 38.2 Å². The summed E-state index contributed by atoms with van der Waals surface area (Å²) < 4.78 is 22.1. The second kappa shape index (κ2) is 24.3. The van der Waals surface area contributed by atoms with E-state index in [0.717, 1.165) is 27.3 Å². The third kappa shape index (κ3) is 13.9. The van der Waals surface area contributed by atoms with Crippen LogP contribution in [-0.2, 0) is 30.5 Å². The van der Waals surface area contributed by atoms with Gasteiger partial charge in [-0.05, 0) is 74.3 Å². The van der Waals surface area contributed by atoms with Crippen LogP contribution in [0.25, 0.3) is 21.6 Å². The first-order valence-electron chi connectivity index (χ1n) is 24.5. The van der Waals surface area contributed by atoms with Crippen LogP contribution in [0.2, 0.25) is 10.0 Å². The number of pyridine rings is 1. The number of β-amino-alcohol motifs (C(OH)–C–C–N with tert-alkyl or cyclic N) is 1. The molecule has 0 bridgehead atoms. The molecular formula is C52H63Cl2FN10O7S. The highest BCUT2D eigenvalue weighted by Gasteiger charge is 2.44. The van der Waals surface area contributed by atoms with Gasteiger partial charge in [-0.25, -0.2) is 14.4 Å². The molecule has 0 aliphatic carbocycles. The number of aliphatic hydroxyl groups excluding tert-OH is 1. The summed E-state index contributed by atoms with van der Waals surface area (Å²) in [6.07, 6.45) is 6.19. The Bertz CT molecular complexity index is 2780. The van der Waals surface area contributed by atoms with Crippen molar-refractivity contribution >= 4 is 69.9 Å². The first kappa shape index (κ1) is 54.6. The molecule has 0 saturated carbocycles. The van der Waals surface area contributed by atoms with Crippen LogP contribution in [0.4, 0.5) is 10.2 Å². The van der Waals surface area contributed by atoms with E-state index >= 15 is 0 Å². The van der Waals surface area contributed by atoms with Crippen LogP contribution >= 0.6 is 34.5 Å². The van der Waals surface area contributed by atoms with Gasteiger partial charge in [0.05, 0.1) is 39.4 Å². The number of hydrogen-bond donors (Lipinski definition) is 5. The number of amides is 5. The third-order valence-electron chi connectivity index (χ3n) is 13.2. The first-order valence-corrected chi connectivity index (χ1v) is 26.1. The molecule has 2 saturated heterocycles. The van der Waals surface area contributed by atoms with Crippen molar-refractivity contribution in [3.63, 3.8) is 0 Å². The highest BCUT2D eigenvalue weighted by molar-refractivity contribution is 7.13. The number of hydrogen-bond acceptors (Lipinski definition) is 12. The predicted octanol–water partition coefficient (Wildman–Crippen LogP) is 7.58. The standard InChI is InChI=1S/C52H63Cl2FN10O7S/c1-30-47(73-29-60-30)33-13-11-32(12-14-33)24-59-50(70)40-23-37(66)28-64(40)51(71)48(52(3,4)5)62-43(68)9-7-19-57-42(67)8-6-10-44(69)63-20-17-36(18-21-63)65-27-35(26-61-65)34-22-41(49(56)58-25-34)72-31(2)45-38(53)15-16-39(55)46(45)54/h11-16,22,25-27,29,31,36-37,40,48,66H,6-10,17-21,23-24,28H2,1-5H3,(H2,56,58)(H,57,67)(H,59,70)(H,62,68)/t31?,37-,40+,48?/m1/s1. The topological polar surface area (TPSA) is 227 Å². The number of aryl methyl sites for hydroxylation is 1. The maximum atomic E-state index is 14.2. The number of aromatic nitrogens is 4. The second-order valence-corrected chi connectivity index (χ2v) is 21.3. The van der Waals surface area contributed by atoms with Gasteiger partial charge < -0.3 is 41.3 Å². The van der Waals surface area contributed by atoms with Crippen LogP contribution < -0.4 is 26.4 Å². The van der Waals surface area contributed by atoms with E-state index in [0.29, 0.717) is 49.9 Å². The van der Waals surface area contributed by atoms with Crippen LogP contribution in [0.3, 0.4) is 0 Å². The zero-order chi connectivity index (χ0) is 52.6. The molecule has 3 aromatic heterocycles. The van der Waals surface area contributed by atoms with Crippen LogP contribution in [0, 0.1) is 18.2 Å². The molecule has 5 amide bonds. The van der Waals surface area contributed by atoms with Gasteiger partial charge in [0.1, 0.15) is 24.0 Å². The van der Waals surface area contributed by atoms with Gasteiger partial charge in [-0.1, -0.05) is 68.2 Å². The summed E-state index contributed by atoms with van der Waals surface area (Å²) in [6, 6.07) is 10.3. The lowest BCUT2D eigenvalue weighted by Crippen LogP contribution is -2.57. The Hall–Kier alpha value is -6.15. The van der Waals surface area contributed by atoms with Crippen LogP contribution in [0.15, 0.2) is 66.6 Å². The largest absolute Gasteiger partial charge is 0.482 e. The molecule has 5 heterocycles. The second-order valence-electron chi connectivity index (χ2n) is 19.7. The molecule has 0 spiro atoms. The molecule has 6 N–H and O–H groups in total. The molecule has 4 atom stereocenters. The van der Waals surface area contributed by atoms with Crippen molar-refractivity contribution in [2.75, 3.05) is 31.9 Å². The maximum absolute atomic E-state index is 14.2. The van der Waals surface area contributed by atoms with Gasteiger partial charge in [0.2, 0.25) is 29.5 Å². The number of anilines is 1. The van der Waals surface area contributed by atoms with Gasteiger partial charge in [-0.2, -0.15) is 5.10 Å². The third-order valence-corrected chi connectivity index (χ3v) is 14.9. The van der Waals surface area contributed by atoms with Gasteiger partial charge in [0, 0.05) is 92.5 Å². The summed E-state index contributed by atoms with van der Waals surface area (Å²) >= 11 is 14.1. The number of piperidine rings is 1. The van der Waals surface area contributed by atoms with Gasteiger partial charge in [-0.3, -0.25) is 28.7 Å². The minimum absolute atomic E-state index is 0.0258. The normalized spacial score (nSPS) is 17.0. The highest BCUT2D eigenvalue weighted by atomic mass is 35.5. The Kier molecular flexibility index (Phi) is 18.1. The molecule has 2 fully saturated rings. The lowest BCUT2D eigenvalue weighted by atomic mass is 9.85. The van der Waals surface area contributed by atoms with E-state index in [4.69, 9.17) is 33.7 Å². The lowest BCUT2D eigenvalue weighted by Gasteiger charge is -2.35. The average molecular weight is 1060 g/mol. The summed E-state index contributed by atoms with van der Waals surface area (Å²) in [5.74, 6) is -1.67. The summed E-state index contributed by atoms with van der Waals surface area (Å²) in [7, 11) is 0. The molecule has 7 rings (SSSR count).